The minimum atomic E-state index is -0.366. The summed E-state index contributed by atoms with van der Waals surface area (Å²) in [4.78, 5) is 11.8. The highest BCUT2D eigenvalue weighted by molar-refractivity contribution is 6.38. The fourth-order valence-corrected chi connectivity index (χ4v) is 2.61. The van der Waals surface area contributed by atoms with Crippen LogP contribution in [-0.2, 0) is 11.2 Å². The molecule has 2 aromatic carbocycles. The van der Waals surface area contributed by atoms with Crippen molar-refractivity contribution in [1.82, 2.24) is 5.43 Å². The second-order valence-electron chi connectivity index (χ2n) is 5.46. The van der Waals surface area contributed by atoms with E-state index in [1.54, 1.807) is 18.2 Å². The summed E-state index contributed by atoms with van der Waals surface area (Å²) in [6.45, 7) is 2.04. The Kier molecular flexibility index (Phi) is 7.76. The number of hydrazone groups is 1. The first-order valence-electron chi connectivity index (χ1n) is 8.07. The van der Waals surface area contributed by atoms with Gasteiger partial charge in [0.1, 0.15) is 5.75 Å². The Hall–Kier alpha value is -2.04. The van der Waals surface area contributed by atoms with Crippen LogP contribution in [0.15, 0.2) is 47.6 Å². The number of hydrogen-bond donors (Lipinski definition) is 1. The maximum atomic E-state index is 11.8. The summed E-state index contributed by atoms with van der Waals surface area (Å²) in [5.41, 5.74) is 4.20. The van der Waals surface area contributed by atoms with E-state index in [0.29, 0.717) is 21.4 Å². The molecule has 6 heteroatoms. The quantitative estimate of drug-likeness (QED) is 0.526. The van der Waals surface area contributed by atoms with Gasteiger partial charge in [-0.1, -0.05) is 54.7 Å². The van der Waals surface area contributed by atoms with Gasteiger partial charge in [-0.25, -0.2) is 5.43 Å². The van der Waals surface area contributed by atoms with Crippen molar-refractivity contribution < 1.29 is 9.53 Å². The van der Waals surface area contributed by atoms with Gasteiger partial charge in [0.25, 0.3) is 5.91 Å². The predicted molar refractivity (Wildman–Crippen MR) is 103 cm³/mol. The first-order valence-corrected chi connectivity index (χ1v) is 8.83. The lowest BCUT2D eigenvalue weighted by Gasteiger charge is -2.06. The minimum Gasteiger partial charge on any atom is -0.484 e. The zero-order valence-corrected chi connectivity index (χ0v) is 15.5. The molecule has 132 valence electrons. The van der Waals surface area contributed by atoms with Gasteiger partial charge in [-0.3, -0.25) is 4.79 Å². The number of unbranched alkanes of at least 4 members (excludes halogenated alkanes) is 1. The fourth-order valence-electron chi connectivity index (χ4n) is 2.12. The van der Waals surface area contributed by atoms with Crippen molar-refractivity contribution in [3.63, 3.8) is 0 Å². The molecule has 2 rings (SSSR count). The van der Waals surface area contributed by atoms with Crippen LogP contribution < -0.4 is 10.2 Å². The van der Waals surface area contributed by atoms with Crippen LogP contribution in [0.1, 0.15) is 30.9 Å². The smallest absolute Gasteiger partial charge is 0.277 e. The summed E-state index contributed by atoms with van der Waals surface area (Å²) < 4.78 is 5.44. The van der Waals surface area contributed by atoms with Crippen molar-refractivity contribution >= 4 is 35.3 Å². The molecular weight excluding hydrogens is 359 g/mol. The van der Waals surface area contributed by atoms with Crippen LogP contribution in [0, 0.1) is 0 Å². The summed E-state index contributed by atoms with van der Waals surface area (Å²) in [5, 5.41) is 4.78. The molecule has 25 heavy (non-hydrogen) atoms. The fraction of sp³-hybridized carbons (Fsp3) is 0.263. The van der Waals surface area contributed by atoms with Crippen molar-refractivity contribution in [2.24, 2.45) is 5.10 Å². The highest BCUT2D eigenvalue weighted by atomic mass is 35.5. The summed E-state index contributed by atoms with van der Waals surface area (Å²) in [7, 11) is 0. The third kappa shape index (κ3) is 6.40. The first-order chi connectivity index (χ1) is 12.1. The standard InChI is InChI=1S/C19H20Cl2N2O2/c1-2-3-5-14-8-10-15(11-9-14)25-13-19(24)23-22-12-16-17(20)6-4-7-18(16)21/h4,6-12H,2-3,5,13H2,1H3,(H,23,24)/b22-12-. The Bertz CT molecular complexity index is 710. The zero-order chi connectivity index (χ0) is 18.1. The molecule has 0 heterocycles. The Labute approximate surface area is 157 Å². The summed E-state index contributed by atoms with van der Waals surface area (Å²) >= 11 is 12.0. The molecule has 0 aliphatic carbocycles. The number of nitrogens with one attached hydrogen (secondary N) is 1. The van der Waals surface area contributed by atoms with E-state index in [1.165, 1.54) is 18.2 Å². The van der Waals surface area contributed by atoms with Crippen molar-refractivity contribution in [1.29, 1.82) is 0 Å². The van der Waals surface area contributed by atoms with Crippen LogP contribution in [0.2, 0.25) is 10.0 Å². The largest absolute Gasteiger partial charge is 0.484 e. The van der Waals surface area contributed by atoms with Gasteiger partial charge >= 0.3 is 0 Å². The van der Waals surface area contributed by atoms with Crippen molar-refractivity contribution in [2.75, 3.05) is 6.61 Å². The number of aryl methyl sites for hydroxylation is 1. The van der Waals surface area contributed by atoms with Gasteiger partial charge in [-0.2, -0.15) is 5.10 Å². The Morgan fingerprint density at radius 2 is 1.84 bits per heavy atom. The van der Waals surface area contributed by atoms with Crippen LogP contribution in [0.4, 0.5) is 0 Å². The molecular formula is C19H20Cl2N2O2. The molecule has 0 spiro atoms. The Balaban J connectivity index is 1.80. The van der Waals surface area contributed by atoms with E-state index in [4.69, 9.17) is 27.9 Å². The maximum absolute atomic E-state index is 11.8. The normalized spacial score (nSPS) is 10.8. The molecule has 0 saturated heterocycles. The van der Waals surface area contributed by atoms with Crippen LogP contribution in [0.3, 0.4) is 0 Å². The molecule has 0 bridgehead atoms. The molecule has 0 atom stereocenters. The van der Waals surface area contributed by atoms with Gasteiger partial charge in [0.2, 0.25) is 0 Å². The summed E-state index contributed by atoms with van der Waals surface area (Å²) in [6.07, 6.45) is 4.79. The lowest BCUT2D eigenvalue weighted by molar-refractivity contribution is -0.123. The van der Waals surface area contributed by atoms with E-state index < -0.39 is 0 Å². The van der Waals surface area contributed by atoms with Crippen LogP contribution in [-0.4, -0.2) is 18.7 Å². The molecule has 0 radical (unpaired) electrons. The topological polar surface area (TPSA) is 50.7 Å². The summed E-state index contributed by atoms with van der Waals surface area (Å²) in [5.74, 6) is 0.281. The first kappa shape index (κ1) is 19.3. The minimum absolute atomic E-state index is 0.123. The van der Waals surface area contributed by atoms with Crippen molar-refractivity contribution in [3.8, 4) is 5.75 Å². The number of ether oxygens (including phenoxy) is 1. The molecule has 1 amide bonds. The van der Waals surface area contributed by atoms with E-state index in [1.807, 2.05) is 24.3 Å². The lowest BCUT2D eigenvalue weighted by Crippen LogP contribution is -2.24. The molecule has 0 fully saturated rings. The average Bonchev–Trinajstić information content (AvgIpc) is 2.61. The molecule has 0 unspecified atom stereocenters. The number of halogens is 2. The highest BCUT2D eigenvalue weighted by Crippen LogP contribution is 2.22. The number of carbonyl (C=O) groups excluding carboxylic acids is 1. The van der Waals surface area contributed by atoms with Crippen molar-refractivity contribution in [3.05, 3.63) is 63.6 Å². The molecule has 2 aromatic rings. The van der Waals surface area contributed by atoms with Gasteiger partial charge in [0, 0.05) is 5.56 Å². The number of carbonyl (C=O) groups is 1. The second kappa shape index (κ2) is 10.1. The van der Waals surface area contributed by atoms with Crippen molar-refractivity contribution in [2.45, 2.75) is 26.2 Å². The maximum Gasteiger partial charge on any atom is 0.277 e. The summed E-state index contributed by atoms with van der Waals surface area (Å²) in [6, 6.07) is 12.9. The van der Waals surface area contributed by atoms with Gasteiger partial charge in [0.15, 0.2) is 6.61 Å². The highest BCUT2D eigenvalue weighted by Gasteiger charge is 2.04. The Morgan fingerprint density at radius 1 is 1.16 bits per heavy atom. The van der Waals surface area contributed by atoms with E-state index in [0.717, 1.165) is 12.8 Å². The van der Waals surface area contributed by atoms with Crippen LogP contribution >= 0.6 is 23.2 Å². The van der Waals surface area contributed by atoms with E-state index in [-0.39, 0.29) is 12.5 Å². The molecule has 4 nitrogen and oxygen atoms in total. The average molecular weight is 379 g/mol. The molecule has 0 aliphatic heterocycles. The molecule has 0 saturated carbocycles. The number of amides is 1. The predicted octanol–water partition coefficient (Wildman–Crippen LogP) is 4.87. The zero-order valence-electron chi connectivity index (χ0n) is 14.0. The number of nitrogens with zero attached hydrogens (tertiary/aromatic N) is 1. The van der Waals surface area contributed by atoms with Crippen LogP contribution in [0.25, 0.3) is 0 Å². The third-order valence-electron chi connectivity index (χ3n) is 3.49. The van der Waals surface area contributed by atoms with E-state index in [9.17, 15) is 4.79 Å². The number of benzene rings is 2. The van der Waals surface area contributed by atoms with E-state index in [2.05, 4.69) is 17.5 Å². The molecule has 0 aromatic heterocycles. The molecule has 0 aliphatic rings. The monoisotopic (exact) mass is 378 g/mol. The molecule has 1 N–H and O–H groups in total. The Morgan fingerprint density at radius 3 is 2.48 bits per heavy atom. The number of hydrogen-bond acceptors (Lipinski definition) is 3. The van der Waals surface area contributed by atoms with Gasteiger partial charge < -0.3 is 4.74 Å². The van der Waals surface area contributed by atoms with Gasteiger partial charge in [-0.05, 0) is 42.7 Å². The van der Waals surface area contributed by atoms with E-state index >= 15 is 0 Å². The lowest BCUT2D eigenvalue weighted by atomic mass is 10.1. The van der Waals surface area contributed by atoms with Crippen LogP contribution in [0.5, 0.6) is 5.75 Å². The second-order valence-corrected chi connectivity index (χ2v) is 6.28. The number of rotatable bonds is 8. The third-order valence-corrected chi connectivity index (χ3v) is 4.15. The van der Waals surface area contributed by atoms with Gasteiger partial charge in [-0.15, -0.1) is 0 Å². The SMILES string of the molecule is CCCCc1ccc(OCC(=O)N/N=C\c2c(Cl)cccc2Cl)cc1. The van der Waals surface area contributed by atoms with Gasteiger partial charge in [0.05, 0.1) is 16.3 Å².